The first-order valence-electron chi connectivity index (χ1n) is 8.37. The summed E-state index contributed by atoms with van der Waals surface area (Å²) in [5.41, 5.74) is 5.51. The molecule has 0 bridgehead atoms. The van der Waals surface area contributed by atoms with Crippen molar-refractivity contribution in [1.29, 1.82) is 0 Å². The molecule has 25 heavy (non-hydrogen) atoms. The number of hydrogen-bond donors (Lipinski definition) is 1. The van der Waals surface area contributed by atoms with Gasteiger partial charge in [-0.25, -0.2) is 0 Å². The number of aromatic nitrogens is 2. The fourth-order valence-electron chi connectivity index (χ4n) is 3.13. The third-order valence-corrected chi connectivity index (χ3v) is 4.36. The Balaban J connectivity index is 1.87. The van der Waals surface area contributed by atoms with E-state index in [9.17, 15) is 0 Å². The molecular formula is C22H19N3. The molecule has 0 atom stereocenters. The maximum atomic E-state index is 4.55. The van der Waals surface area contributed by atoms with E-state index in [1.807, 2.05) is 42.5 Å². The van der Waals surface area contributed by atoms with Gasteiger partial charge in [0.1, 0.15) is 5.69 Å². The lowest BCUT2D eigenvalue weighted by Gasteiger charge is -2.12. The lowest BCUT2D eigenvalue weighted by atomic mass is 9.99. The fraction of sp³-hybridized carbons (Fsp3) is 0.0909. The van der Waals surface area contributed by atoms with Crippen molar-refractivity contribution in [3.63, 3.8) is 0 Å². The highest BCUT2D eigenvalue weighted by Crippen LogP contribution is 2.32. The second-order valence-electron chi connectivity index (χ2n) is 6.25. The van der Waals surface area contributed by atoms with Crippen LogP contribution >= 0.6 is 0 Å². The number of anilines is 2. The zero-order valence-corrected chi connectivity index (χ0v) is 14.3. The second-order valence-corrected chi connectivity index (χ2v) is 6.25. The van der Waals surface area contributed by atoms with E-state index in [0.717, 1.165) is 33.5 Å². The maximum Gasteiger partial charge on any atom is 0.161 e. The van der Waals surface area contributed by atoms with Crippen LogP contribution in [0.3, 0.4) is 0 Å². The molecular weight excluding hydrogens is 306 g/mol. The summed E-state index contributed by atoms with van der Waals surface area (Å²) in [5.74, 6) is 0.773. The molecule has 0 spiro atoms. The zero-order chi connectivity index (χ0) is 17.2. The number of rotatable bonds is 3. The van der Waals surface area contributed by atoms with Gasteiger partial charge in [0, 0.05) is 22.0 Å². The Morgan fingerprint density at radius 2 is 1.44 bits per heavy atom. The average Bonchev–Trinajstić information content (AvgIpc) is 2.64. The molecule has 0 saturated carbocycles. The Labute approximate surface area is 147 Å². The van der Waals surface area contributed by atoms with E-state index in [-0.39, 0.29) is 0 Å². The molecule has 3 nitrogen and oxygen atoms in total. The van der Waals surface area contributed by atoms with E-state index in [1.165, 1.54) is 11.1 Å². The van der Waals surface area contributed by atoms with Gasteiger partial charge in [0.25, 0.3) is 0 Å². The summed E-state index contributed by atoms with van der Waals surface area (Å²) in [6.07, 6.45) is 0. The fourth-order valence-corrected chi connectivity index (χ4v) is 3.13. The van der Waals surface area contributed by atoms with Gasteiger partial charge >= 0.3 is 0 Å². The largest absolute Gasteiger partial charge is 0.338 e. The van der Waals surface area contributed by atoms with Gasteiger partial charge in [0.15, 0.2) is 5.82 Å². The number of benzene rings is 3. The highest BCUT2D eigenvalue weighted by molar-refractivity contribution is 6.01. The van der Waals surface area contributed by atoms with Gasteiger partial charge in [-0.3, -0.25) is 0 Å². The van der Waals surface area contributed by atoms with Gasteiger partial charge < -0.3 is 5.32 Å². The molecule has 0 aliphatic carbocycles. The molecule has 4 aromatic rings. The molecule has 0 amide bonds. The smallest absolute Gasteiger partial charge is 0.161 e. The standard InChI is InChI=1S/C22H19N3/c1-15-12-13-18(16(2)14-15)21-19-10-6-7-11-20(19)22(25-24-21)23-17-8-4-3-5-9-17/h3-14H,1-2H3,(H,23,25). The molecule has 3 aromatic carbocycles. The van der Waals surface area contributed by atoms with Gasteiger partial charge in [-0.15, -0.1) is 10.2 Å². The molecule has 0 aliphatic rings. The summed E-state index contributed by atoms with van der Waals surface area (Å²) in [6, 6.07) is 24.7. The summed E-state index contributed by atoms with van der Waals surface area (Å²) in [5, 5.41) is 14.6. The third-order valence-electron chi connectivity index (χ3n) is 4.36. The first-order valence-corrected chi connectivity index (χ1v) is 8.37. The van der Waals surface area contributed by atoms with Crippen LogP contribution in [0.15, 0.2) is 72.8 Å². The van der Waals surface area contributed by atoms with Crippen molar-refractivity contribution in [3.8, 4) is 11.3 Å². The summed E-state index contributed by atoms with van der Waals surface area (Å²) in [7, 11) is 0. The molecule has 0 saturated heterocycles. The van der Waals surface area contributed by atoms with Crippen molar-refractivity contribution in [2.24, 2.45) is 0 Å². The SMILES string of the molecule is Cc1ccc(-c2nnc(Nc3ccccc3)c3ccccc23)c(C)c1. The number of para-hydroxylation sites is 1. The third kappa shape index (κ3) is 2.96. The van der Waals surface area contributed by atoms with Crippen molar-refractivity contribution in [3.05, 3.63) is 83.9 Å². The number of hydrogen-bond acceptors (Lipinski definition) is 3. The van der Waals surface area contributed by atoms with Crippen LogP contribution in [0.1, 0.15) is 11.1 Å². The summed E-state index contributed by atoms with van der Waals surface area (Å²) < 4.78 is 0. The summed E-state index contributed by atoms with van der Waals surface area (Å²) in [6.45, 7) is 4.22. The Hall–Kier alpha value is -3.20. The number of fused-ring (bicyclic) bond motifs is 1. The van der Waals surface area contributed by atoms with Gasteiger partial charge in [0.05, 0.1) is 0 Å². The first kappa shape index (κ1) is 15.3. The van der Waals surface area contributed by atoms with E-state index >= 15 is 0 Å². The Kier molecular flexibility index (Phi) is 3.90. The minimum absolute atomic E-state index is 0.773. The van der Waals surface area contributed by atoms with Gasteiger partial charge in [-0.05, 0) is 31.5 Å². The van der Waals surface area contributed by atoms with Crippen LogP contribution in [0.25, 0.3) is 22.0 Å². The van der Waals surface area contributed by atoms with Crippen molar-refractivity contribution in [2.75, 3.05) is 5.32 Å². The van der Waals surface area contributed by atoms with E-state index in [0.29, 0.717) is 0 Å². The lowest BCUT2D eigenvalue weighted by Crippen LogP contribution is -1.99. The van der Waals surface area contributed by atoms with Crippen molar-refractivity contribution >= 4 is 22.3 Å². The van der Waals surface area contributed by atoms with Crippen LogP contribution < -0.4 is 5.32 Å². The predicted octanol–water partition coefficient (Wildman–Crippen LogP) is 5.66. The highest BCUT2D eigenvalue weighted by Gasteiger charge is 2.12. The van der Waals surface area contributed by atoms with Gasteiger partial charge in [-0.1, -0.05) is 66.2 Å². The quantitative estimate of drug-likeness (QED) is 0.528. The van der Waals surface area contributed by atoms with E-state index in [1.54, 1.807) is 0 Å². The minimum atomic E-state index is 0.773. The van der Waals surface area contributed by atoms with Gasteiger partial charge in [-0.2, -0.15) is 0 Å². The number of nitrogens with zero attached hydrogens (tertiary/aromatic N) is 2. The van der Waals surface area contributed by atoms with Crippen molar-refractivity contribution in [1.82, 2.24) is 10.2 Å². The molecule has 1 heterocycles. The Morgan fingerprint density at radius 1 is 0.720 bits per heavy atom. The topological polar surface area (TPSA) is 37.8 Å². The Morgan fingerprint density at radius 3 is 2.20 bits per heavy atom. The normalized spacial score (nSPS) is 10.8. The van der Waals surface area contributed by atoms with E-state index in [4.69, 9.17) is 0 Å². The molecule has 122 valence electrons. The van der Waals surface area contributed by atoms with Crippen LogP contribution in [0.5, 0.6) is 0 Å². The number of aryl methyl sites for hydroxylation is 2. The minimum Gasteiger partial charge on any atom is -0.338 e. The first-order chi connectivity index (χ1) is 12.2. The van der Waals surface area contributed by atoms with Crippen LogP contribution in [0.2, 0.25) is 0 Å². The lowest BCUT2D eigenvalue weighted by molar-refractivity contribution is 1.06. The Bertz CT molecular complexity index is 1040. The molecule has 0 fully saturated rings. The van der Waals surface area contributed by atoms with Crippen molar-refractivity contribution < 1.29 is 0 Å². The molecule has 0 radical (unpaired) electrons. The summed E-state index contributed by atoms with van der Waals surface area (Å²) in [4.78, 5) is 0. The zero-order valence-electron chi connectivity index (χ0n) is 14.3. The van der Waals surface area contributed by atoms with Gasteiger partial charge in [0.2, 0.25) is 0 Å². The van der Waals surface area contributed by atoms with Crippen molar-refractivity contribution in [2.45, 2.75) is 13.8 Å². The average molecular weight is 325 g/mol. The monoisotopic (exact) mass is 325 g/mol. The number of nitrogens with one attached hydrogen (secondary N) is 1. The predicted molar refractivity (Wildman–Crippen MR) is 104 cm³/mol. The molecule has 0 unspecified atom stereocenters. The van der Waals surface area contributed by atoms with Crippen LogP contribution in [0, 0.1) is 13.8 Å². The summed E-state index contributed by atoms with van der Waals surface area (Å²) >= 11 is 0. The van der Waals surface area contributed by atoms with E-state index < -0.39 is 0 Å². The molecule has 4 rings (SSSR count). The van der Waals surface area contributed by atoms with Crippen LogP contribution in [-0.4, -0.2) is 10.2 Å². The molecule has 1 N–H and O–H groups in total. The maximum absolute atomic E-state index is 4.55. The molecule has 3 heteroatoms. The van der Waals surface area contributed by atoms with E-state index in [2.05, 4.69) is 59.7 Å². The second kappa shape index (κ2) is 6.36. The molecule has 0 aliphatic heterocycles. The molecule has 1 aromatic heterocycles. The van der Waals surface area contributed by atoms with Crippen LogP contribution in [0.4, 0.5) is 11.5 Å². The highest BCUT2D eigenvalue weighted by atomic mass is 15.2. The van der Waals surface area contributed by atoms with Crippen LogP contribution in [-0.2, 0) is 0 Å².